The van der Waals surface area contributed by atoms with Gasteiger partial charge in [-0.2, -0.15) is 0 Å². The zero-order valence-corrected chi connectivity index (χ0v) is 11.2. The summed E-state index contributed by atoms with van der Waals surface area (Å²) in [6.07, 6.45) is 0.907. The van der Waals surface area contributed by atoms with E-state index in [0.29, 0.717) is 37.2 Å². The molecule has 7 nitrogen and oxygen atoms in total. The summed E-state index contributed by atoms with van der Waals surface area (Å²) in [4.78, 5) is 12.3. The lowest BCUT2D eigenvalue weighted by Gasteiger charge is -2.23. The maximum absolute atomic E-state index is 11.1. The fraction of sp³-hybridized carbons (Fsp3) is 0.538. The van der Waals surface area contributed by atoms with Crippen LogP contribution in [0.15, 0.2) is 18.2 Å². The van der Waals surface area contributed by atoms with Gasteiger partial charge in [0.2, 0.25) is 0 Å². The third-order valence-electron chi connectivity index (χ3n) is 2.97. The molecule has 0 aromatic heterocycles. The molecule has 0 amide bonds. The predicted octanol–water partition coefficient (Wildman–Crippen LogP) is 0.311. The van der Waals surface area contributed by atoms with Crippen LogP contribution in [-0.4, -0.2) is 53.2 Å². The molecule has 0 fully saturated rings. The SMILES string of the molecule is O=[N+]([O-])c1cc(N(CCO)CCO)ccc1CCCO. The van der Waals surface area contributed by atoms with Crippen LogP contribution in [0, 0.1) is 10.1 Å². The number of nitro benzene ring substituents is 1. The number of rotatable bonds is 9. The van der Waals surface area contributed by atoms with Crippen molar-refractivity contribution < 1.29 is 20.2 Å². The van der Waals surface area contributed by atoms with Crippen molar-refractivity contribution in [3.8, 4) is 0 Å². The van der Waals surface area contributed by atoms with Gasteiger partial charge in [-0.1, -0.05) is 6.07 Å². The lowest BCUT2D eigenvalue weighted by Crippen LogP contribution is -2.29. The number of aliphatic hydroxyl groups is 3. The molecule has 7 heteroatoms. The maximum Gasteiger partial charge on any atom is 0.274 e. The molecule has 0 saturated carbocycles. The summed E-state index contributed by atoms with van der Waals surface area (Å²) in [5.41, 5.74) is 1.16. The molecule has 3 N–H and O–H groups in total. The Bertz CT molecular complexity index is 433. The van der Waals surface area contributed by atoms with E-state index in [0.717, 1.165) is 0 Å². The summed E-state index contributed by atoms with van der Waals surface area (Å²) in [5, 5.41) is 37.9. The Hall–Kier alpha value is -1.70. The lowest BCUT2D eigenvalue weighted by atomic mass is 10.1. The summed E-state index contributed by atoms with van der Waals surface area (Å²) in [6, 6.07) is 4.83. The normalized spacial score (nSPS) is 10.6. The number of benzene rings is 1. The van der Waals surface area contributed by atoms with Crippen molar-refractivity contribution in [2.75, 3.05) is 37.8 Å². The topological polar surface area (TPSA) is 107 Å². The fourth-order valence-corrected chi connectivity index (χ4v) is 2.01. The number of hydrogen-bond acceptors (Lipinski definition) is 6. The minimum absolute atomic E-state index is 0.00294. The van der Waals surface area contributed by atoms with Gasteiger partial charge in [0.05, 0.1) is 18.1 Å². The van der Waals surface area contributed by atoms with Crippen LogP contribution in [0.25, 0.3) is 0 Å². The number of anilines is 1. The molecule has 0 atom stereocenters. The summed E-state index contributed by atoms with van der Waals surface area (Å²) in [5.74, 6) is 0. The largest absolute Gasteiger partial charge is 0.396 e. The van der Waals surface area contributed by atoms with E-state index in [-0.39, 0.29) is 25.5 Å². The van der Waals surface area contributed by atoms with Gasteiger partial charge < -0.3 is 20.2 Å². The van der Waals surface area contributed by atoms with Gasteiger partial charge in [-0.3, -0.25) is 10.1 Å². The van der Waals surface area contributed by atoms with Crippen LogP contribution in [0.3, 0.4) is 0 Å². The van der Waals surface area contributed by atoms with Gasteiger partial charge in [-0.05, 0) is 18.9 Å². The van der Waals surface area contributed by atoms with E-state index in [2.05, 4.69) is 0 Å². The standard InChI is InChI=1S/C13H20N2O5/c16-7-1-2-11-3-4-12(10-13(11)15(19)20)14(5-8-17)6-9-18/h3-4,10,16-18H,1-2,5-9H2. The second-order valence-corrected chi connectivity index (χ2v) is 4.33. The first kappa shape index (κ1) is 16.4. The monoisotopic (exact) mass is 284 g/mol. The van der Waals surface area contributed by atoms with Gasteiger partial charge >= 0.3 is 0 Å². The van der Waals surface area contributed by atoms with Crippen LogP contribution in [0.5, 0.6) is 0 Å². The third kappa shape index (κ3) is 4.44. The summed E-state index contributed by atoms with van der Waals surface area (Å²) in [6.45, 7) is 0.390. The molecule has 1 rings (SSSR count). The van der Waals surface area contributed by atoms with Crippen LogP contribution in [0.2, 0.25) is 0 Å². The van der Waals surface area contributed by atoms with E-state index in [9.17, 15) is 10.1 Å². The molecule has 20 heavy (non-hydrogen) atoms. The van der Waals surface area contributed by atoms with Crippen molar-refractivity contribution in [1.29, 1.82) is 0 Å². The lowest BCUT2D eigenvalue weighted by molar-refractivity contribution is -0.385. The van der Waals surface area contributed by atoms with Gasteiger partial charge in [-0.25, -0.2) is 0 Å². The zero-order chi connectivity index (χ0) is 15.0. The minimum Gasteiger partial charge on any atom is -0.396 e. The number of nitrogens with zero attached hydrogens (tertiary/aromatic N) is 2. The maximum atomic E-state index is 11.1. The molecule has 0 spiro atoms. The minimum atomic E-state index is -0.452. The number of aryl methyl sites for hydroxylation is 1. The molecule has 0 bridgehead atoms. The van der Waals surface area contributed by atoms with Crippen molar-refractivity contribution >= 4 is 11.4 Å². The first-order valence-corrected chi connectivity index (χ1v) is 6.49. The molecule has 0 aliphatic heterocycles. The van der Waals surface area contributed by atoms with Crippen LogP contribution < -0.4 is 4.90 Å². The van der Waals surface area contributed by atoms with E-state index in [1.54, 1.807) is 17.0 Å². The molecule has 0 heterocycles. The summed E-state index contributed by atoms with van der Waals surface area (Å²) >= 11 is 0. The Balaban J connectivity index is 3.03. The highest BCUT2D eigenvalue weighted by Gasteiger charge is 2.16. The molecule has 1 aromatic rings. The second-order valence-electron chi connectivity index (χ2n) is 4.33. The molecular weight excluding hydrogens is 264 g/mol. The predicted molar refractivity (Wildman–Crippen MR) is 74.9 cm³/mol. The molecule has 0 unspecified atom stereocenters. The Morgan fingerprint density at radius 3 is 2.25 bits per heavy atom. The first-order chi connectivity index (χ1) is 9.63. The highest BCUT2D eigenvalue weighted by Crippen LogP contribution is 2.26. The summed E-state index contributed by atoms with van der Waals surface area (Å²) in [7, 11) is 0. The van der Waals surface area contributed by atoms with Gasteiger partial charge in [0.15, 0.2) is 0 Å². The number of hydrogen-bond donors (Lipinski definition) is 3. The fourth-order valence-electron chi connectivity index (χ4n) is 2.01. The highest BCUT2D eigenvalue weighted by molar-refractivity contribution is 5.57. The van der Waals surface area contributed by atoms with E-state index in [1.165, 1.54) is 6.07 Å². The van der Waals surface area contributed by atoms with Gasteiger partial charge in [0, 0.05) is 37.0 Å². The highest BCUT2D eigenvalue weighted by atomic mass is 16.6. The summed E-state index contributed by atoms with van der Waals surface area (Å²) < 4.78 is 0. The molecule has 0 aliphatic rings. The van der Waals surface area contributed by atoms with Crippen molar-refractivity contribution in [2.24, 2.45) is 0 Å². The van der Waals surface area contributed by atoms with Gasteiger partial charge in [-0.15, -0.1) is 0 Å². The second kappa shape index (κ2) is 8.47. The molecule has 0 saturated heterocycles. The molecule has 0 aliphatic carbocycles. The number of aliphatic hydroxyl groups excluding tert-OH is 3. The number of nitro groups is 1. The quantitative estimate of drug-likeness (QED) is 0.445. The van der Waals surface area contributed by atoms with Crippen molar-refractivity contribution in [3.63, 3.8) is 0 Å². The van der Waals surface area contributed by atoms with E-state index < -0.39 is 4.92 Å². The van der Waals surface area contributed by atoms with Crippen LogP contribution in [0.1, 0.15) is 12.0 Å². The Kier molecular flexibility index (Phi) is 6.92. The average Bonchev–Trinajstić information content (AvgIpc) is 2.44. The molecule has 1 aromatic carbocycles. The Labute approximate surface area is 117 Å². The first-order valence-electron chi connectivity index (χ1n) is 6.49. The van der Waals surface area contributed by atoms with Crippen LogP contribution >= 0.6 is 0 Å². The van der Waals surface area contributed by atoms with E-state index >= 15 is 0 Å². The van der Waals surface area contributed by atoms with Crippen molar-refractivity contribution in [3.05, 3.63) is 33.9 Å². The molecule has 112 valence electrons. The molecule has 0 radical (unpaired) electrons. The zero-order valence-electron chi connectivity index (χ0n) is 11.2. The van der Waals surface area contributed by atoms with Crippen molar-refractivity contribution in [1.82, 2.24) is 0 Å². The third-order valence-corrected chi connectivity index (χ3v) is 2.97. The van der Waals surface area contributed by atoms with Crippen LogP contribution in [-0.2, 0) is 6.42 Å². The van der Waals surface area contributed by atoms with Gasteiger partial charge in [0.25, 0.3) is 5.69 Å². The van der Waals surface area contributed by atoms with Gasteiger partial charge in [0.1, 0.15) is 0 Å². The smallest absolute Gasteiger partial charge is 0.274 e. The van der Waals surface area contributed by atoms with Crippen LogP contribution in [0.4, 0.5) is 11.4 Å². The van der Waals surface area contributed by atoms with Crippen molar-refractivity contribution in [2.45, 2.75) is 12.8 Å². The Morgan fingerprint density at radius 2 is 1.75 bits per heavy atom. The van der Waals surface area contributed by atoms with E-state index in [1.807, 2.05) is 0 Å². The molecular formula is C13H20N2O5. The average molecular weight is 284 g/mol. The Morgan fingerprint density at radius 1 is 1.10 bits per heavy atom. The van der Waals surface area contributed by atoms with E-state index in [4.69, 9.17) is 15.3 Å².